The molecule has 0 aliphatic rings. The molecule has 0 saturated heterocycles. The van der Waals surface area contributed by atoms with Gasteiger partial charge in [0, 0.05) is 19.5 Å². The highest BCUT2D eigenvalue weighted by Crippen LogP contribution is 2.19. The van der Waals surface area contributed by atoms with Gasteiger partial charge in [0.15, 0.2) is 6.61 Å². The quantitative estimate of drug-likeness (QED) is 0.372. The summed E-state index contributed by atoms with van der Waals surface area (Å²) in [6, 6.07) is 22.3. The van der Waals surface area contributed by atoms with Gasteiger partial charge in [-0.2, -0.15) is 0 Å². The van der Waals surface area contributed by atoms with E-state index in [4.69, 9.17) is 4.74 Å². The van der Waals surface area contributed by atoms with Gasteiger partial charge in [-0.3, -0.25) is 9.59 Å². The Labute approximate surface area is 206 Å². The zero-order valence-electron chi connectivity index (χ0n) is 20.4. The Morgan fingerprint density at radius 2 is 1.63 bits per heavy atom. The molecular formula is C29H33FN2O3. The fourth-order valence-electron chi connectivity index (χ4n) is 3.79. The standard InChI is InChI=1S/C29H33FN2O3/c1-3-4-18-31-29(34)26(19-23-11-6-5-7-12-23)32(20-24-14-16-25(30)17-15-24)28(33)21-35-27-13-9-8-10-22(27)2/h5-17,26H,3-4,18-21H2,1-2H3,(H,31,34). The molecule has 3 aromatic rings. The molecule has 0 heterocycles. The summed E-state index contributed by atoms with van der Waals surface area (Å²) in [4.78, 5) is 28.4. The first-order valence-corrected chi connectivity index (χ1v) is 12.0. The normalized spacial score (nSPS) is 11.5. The molecule has 0 saturated carbocycles. The number of halogens is 1. The second-order valence-electron chi connectivity index (χ2n) is 8.55. The Hall–Kier alpha value is -3.67. The van der Waals surface area contributed by atoms with E-state index in [1.165, 1.54) is 12.1 Å². The van der Waals surface area contributed by atoms with Crippen molar-refractivity contribution >= 4 is 11.8 Å². The molecule has 5 nitrogen and oxygen atoms in total. The molecule has 0 aliphatic carbocycles. The lowest BCUT2D eigenvalue weighted by Gasteiger charge is -2.31. The summed E-state index contributed by atoms with van der Waals surface area (Å²) < 4.78 is 19.3. The smallest absolute Gasteiger partial charge is 0.261 e. The Kier molecular flexibility index (Phi) is 9.84. The van der Waals surface area contributed by atoms with Crippen LogP contribution in [0.1, 0.15) is 36.5 Å². The van der Waals surface area contributed by atoms with Crippen molar-refractivity contribution < 1.29 is 18.7 Å². The third-order valence-corrected chi connectivity index (χ3v) is 5.81. The zero-order valence-corrected chi connectivity index (χ0v) is 20.4. The van der Waals surface area contributed by atoms with E-state index in [-0.39, 0.29) is 30.8 Å². The fourth-order valence-corrected chi connectivity index (χ4v) is 3.79. The first-order chi connectivity index (χ1) is 17.0. The van der Waals surface area contributed by atoms with E-state index >= 15 is 0 Å². The first kappa shape index (κ1) is 25.9. The third kappa shape index (κ3) is 7.95. The lowest BCUT2D eigenvalue weighted by molar-refractivity contribution is -0.142. The number of unbranched alkanes of at least 4 members (excludes halogenated alkanes) is 1. The molecule has 3 aromatic carbocycles. The maximum absolute atomic E-state index is 13.5. The van der Waals surface area contributed by atoms with Crippen LogP contribution < -0.4 is 10.1 Å². The number of carbonyl (C=O) groups is 2. The number of amides is 2. The van der Waals surface area contributed by atoms with E-state index in [9.17, 15) is 14.0 Å². The molecule has 1 N–H and O–H groups in total. The number of nitrogens with zero attached hydrogens (tertiary/aromatic N) is 1. The SMILES string of the molecule is CCCCNC(=O)C(Cc1ccccc1)N(Cc1ccc(F)cc1)C(=O)COc1ccccc1C. The van der Waals surface area contributed by atoms with E-state index in [0.29, 0.717) is 18.7 Å². The molecule has 0 aliphatic heterocycles. The van der Waals surface area contributed by atoms with Crippen LogP contribution in [0.15, 0.2) is 78.9 Å². The largest absolute Gasteiger partial charge is 0.484 e. The molecule has 184 valence electrons. The van der Waals surface area contributed by atoms with E-state index in [0.717, 1.165) is 29.5 Å². The molecule has 35 heavy (non-hydrogen) atoms. The van der Waals surface area contributed by atoms with Crippen LogP contribution in [0.4, 0.5) is 4.39 Å². The van der Waals surface area contributed by atoms with Gasteiger partial charge < -0.3 is 15.0 Å². The summed E-state index contributed by atoms with van der Waals surface area (Å²) in [5.74, 6) is -0.264. The number of ether oxygens (including phenoxy) is 1. The van der Waals surface area contributed by atoms with Crippen LogP contribution in [0.2, 0.25) is 0 Å². The van der Waals surface area contributed by atoms with Crippen LogP contribution >= 0.6 is 0 Å². The van der Waals surface area contributed by atoms with Crippen LogP contribution in [0.5, 0.6) is 5.75 Å². The number of carbonyl (C=O) groups excluding carboxylic acids is 2. The van der Waals surface area contributed by atoms with Gasteiger partial charge in [0.25, 0.3) is 5.91 Å². The van der Waals surface area contributed by atoms with E-state index in [1.807, 2.05) is 61.5 Å². The van der Waals surface area contributed by atoms with Crippen molar-refractivity contribution in [3.05, 3.63) is 101 Å². The Bertz CT molecular complexity index is 1090. The van der Waals surface area contributed by atoms with Crippen LogP contribution in [-0.2, 0) is 22.6 Å². The van der Waals surface area contributed by atoms with Crippen molar-refractivity contribution in [2.24, 2.45) is 0 Å². The number of aryl methyl sites for hydroxylation is 1. The minimum atomic E-state index is -0.743. The molecule has 3 rings (SSSR count). The Morgan fingerprint density at radius 3 is 2.31 bits per heavy atom. The lowest BCUT2D eigenvalue weighted by atomic mass is 10.0. The summed E-state index contributed by atoms with van der Waals surface area (Å²) in [7, 11) is 0. The highest BCUT2D eigenvalue weighted by Gasteiger charge is 2.30. The number of benzene rings is 3. The molecule has 0 aromatic heterocycles. The Morgan fingerprint density at radius 1 is 0.943 bits per heavy atom. The molecule has 1 atom stereocenters. The van der Waals surface area contributed by atoms with Crippen LogP contribution in [-0.4, -0.2) is 35.9 Å². The van der Waals surface area contributed by atoms with Gasteiger partial charge in [-0.05, 0) is 48.2 Å². The molecule has 6 heteroatoms. The number of para-hydroxylation sites is 1. The fraction of sp³-hybridized carbons (Fsp3) is 0.310. The average Bonchev–Trinajstić information content (AvgIpc) is 2.87. The summed E-state index contributed by atoms with van der Waals surface area (Å²) in [6.45, 7) is 4.46. The van der Waals surface area contributed by atoms with Gasteiger partial charge in [0.1, 0.15) is 17.6 Å². The molecular weight excluding hydrogens is 443 g/mol. The molecule has 0 spiro atoms. The van der Waals surface area contributed by atoms with E-state index in [2.05, 4.69) is 12.2 Å². The van der Waals surface area contributed by atoms with Crippen molar-refractivity contribution in [1.29, 1.82) is 0 Å². The maximum Gasteiger partial charge on any atom is 0.261 e. The lowest BCUT2D eigenvalue weighted by Crippen LogP contribution is -2.51. The van der Waals surface area contributed by atoms with Crippen LogP contribution in [0.25, 0.3) is 0 Å². The predicted molar refractivity (Wildman–Crippen MR) is 135 cm³/mol. The minimum absolute atomic E-state index is 0.162. The molecule has 0 radical (unpaired) electrons. The molecule has 2 amide bonds. The van der Waals surface area contributed by atoms with Gasteiger partial charge in [-0.1, -0.05) is 74.0 Å². The monoisotopic (exact) mass is 476 g/mol. The number of hydrogen-bond acceptors (Lipinski definition) is 3. The van der Waals surface area contributed by atoms with Gasteiger partial charge in [-0.25, -0.2) is 4.39 Å². The predicted octanol–water partition coefficient (Wildman–Crippen LogP) is 5.07. The molecule has 1 unspecified atom stereocenters. The van der Waals surface area contributed by atoms with Crippen molar-refractivity contribution in [1.82, 2.24) is 10.2 Å². The van der Waals surface area contributed by atoms with Gasteiger partial charge in [0.05, 0.1) is 0 Å². The maximum atomic E-state index is 13.5. The summed E-state index contributed by atoms with van der Waals surface area (Å²) >= 11 is 0. The third-order valence-electron chi connectivity index (χ3n) is 5.81. The molecule has 0 fully saturated rings. The summed E-state index contributed by atoms with van der Waals surface area (Å²) in [5, 5.41) is 2.98. The minimum Gasteiger partial charge on any atom is -0.484 e. The summed E-state index contributed by atoms with van der Waals surface area (Å²) in [6.07, 6.45) is 2.16. The first-order valence-electron chi connectivity index (χ1n) is 12.0. The second kappa shape index (κ2) is 13.3. The zero-order chi connectivity index (χ0) is 25.0. The average molecular weight is 477 g/mol. The van der Waals surface area contributed by atoms with Gasteiger partial charge in [0.2, 0.25) is 5.91 Å². The van der Waals surface area contributed by atoms with Crippen LogP contribution in [0.3, 0.4) is 0 Å². The van der Waals surface area contributed by atoms with Crippen molar-refractivity contribution in [3.8, 4) is 5.75 Å². The van der Waals surface area contributed by atoms with Gasteiger partial charge in [-0.15, -0.1) is 0 Å². The van der Waals surface area contributed by atoms with Crippen molar-refractivity contribution in [2.75, 3.05) is 13.2 Å². The number of nitrogens with one attached hydrogen (secondary N) is 1. The van der Waals surface area contributed by atoms with Crippen molar-refractivity contribution in [3.63, 3.8) is 0 Å². The highest BCUT2D eigenvalue weighted by atomic mass is 19.1. The van der Waals surface area contributed by atoms with Crippen LogP contribution in [0, 0.1) is 12.7 Å². The van der Waals surface area contributed by atoms with E-state index in [1.54, 1.807) is 17.0 Å². The topological polar surface area (TPSA) is 58.6 Å². The van der Waals surface area contributed by atoms with Gasteiger partial charge >= 0.3 is 0 Å². The summed E-state index contributed by atoms with van der Waals surface area (Å²) in [5.41, 5.74) is 2.60. The molecule has 0 bridgehead atoms. The highest BCUT2D eigenvalue weighted by molar-refractivity contribution is 5.88. The number of rotatable bonds is 12. The second-order valence-corrected chi connectivity index (χ2v) is 8.55. The van der Waals surface area contributed by atoms with Crippen molar-refractivity contribution in [2.45, 2.75) is 45.7 Å². The van der Waals surface area contributed by atoms with E-state index < -0.39 is 6.04 Å². The number of hydrogen-bond donors (Lipinski definition) is 1. The Balaban J connectivity index is 1.88.